The van der Waals surface area contributed by atoms with Crippen LogP contribution in [0.1, 0.15) is 18.4 Å². The van der Waals surface area contributed by atoms with Crippen LogP contribution < -0.4 is 5.32 Å². The molecule has 0 bridgehead atoms. The van der Waals surface area contributed by atoms with E-state index in [-0.39, 0.29) is 5.82 Å². The Morgan fingerprint density at radius 3 is 3.06 bits per heavy atom. The van der Waals surface area contributed by atoms with E-state index in [2.05, 4.69) is 21.2 Å². The monoisotopic (exact) mass is 301 g/mol. The van der Waals surface area contributed by atoms with Crippen molar-refractivity contribution < 1.29 is 9.13 Å². The van der Waals surface area contributed by atoms with Crippen LogP contribution >= 0.6 is 15.9 Å². The van der Waals surface area contributed by atoms with Crippen LogP contribution in [0.25, 0.3) is 0 Å². The van der Waals surface area contributed by atoms with Gasteiger partial charge in [0.1, 0.15) is 5.82 Å². The van der Waals surface area contributed by atoms with Crippen molar-refractivity contribution in [3.8, 4) is 0 Å². The molecule has 0 aliphatic carbocycles. The first kappa shape index (κ1) is 13.0. The third-order valence-electron chi connectivity index (χ3n) is 3.03. The highest BCUT2D eigenvalue weighted by Crippen LogP contribution is 2.19. The fourth-order valence-electron chi connectivity index (χ4n) is 2.04. The molecular weight excluding hydrogens is 285 g/mol. The summed E-state index contributed by atoms with van der Waals surface area (Å²) < 4.78 is 19.3. The Bertz CT molecular complexity index is 366. The lowest BCUT2D eigenvalue weighted by Crippen LogP contribution is -2.32. The predicted octanol–water partition coefficient (Wildman–Crippen LogP) is 3.10. The Morgan fingerprint density at radius 2 is 2.35 bits per heavy atom. The molecule has 1 aromatic rings. The second-order valence-electron chi connectivity index (χ2n) is 4.46. The van der Waals surface area contributed by atoms with Crippen LogP contribution in [-0.4, -0.2) is 19.7 Å². The van der Waals surface area contributed by atoms with Crippen LogP contribution in [0.4, 0.5) is 4.39 Å². The zero-order valence-electron chi connectivity index (χ0n) is 9.72. The van der Waals surface area contributed by atoms with E-state index >= 15 is 0 Å². The molecule has 1 aromatic carbocycles. The first-order valence-electron chi connectivity index (χ1n) is 5.98. The smallest absolute Gasteiger partial charge is 0.124 e. The maximum absolute atomic E-state index is 12.9. The number of benzene rings is 1. The molecule has 0 spiro atoms. The molecule has 2 rings (SSSR count). The summed E-state index contributed by atoms with van der Waals surface area (Å²) >= 11 is 3.34. The molecule has 94 valence electrons. The van der Waals surface area contributed by atoms with Gasteiger partial charge in [-0.15, -0.1) is 0 Å². The van der Waals surface area contributed by atoms with E-state index < -0.39 is 0 Å². The minimum absolute atomic E-state index is 0.225. The fraction of sp³-hybridized carbons (Fsp3) is 0.538. The molecule has 0 saturated carbocycles. The van der Waals surface area contributed by atoms with Gasteiger partial charge in [0, 0.05) is 11.0 Å². The minimum Gasteiger partial charge on any atom is -0.376 e. The summed E-state index contributed by atoms with van der Waals surface area (Å²) in [6.07, 6.45) is 2.46. The molecule has 2 nitrogen and oxygen atoms in total. The van der Waals surface area contributed by atoms with Crippen LogP contribution in [0.15, 0.2) is 22.7 Å². The maximum Gasteiger partial charge on any atom is 0.124 e. The second kappa shape index (κ2) is 6.47. The summed E-state index contributed by atoms with van der Waals surface area (Å²) in [6.45, 7) is 3.48. The minimum atomic E-state index is -0.225. The summed E-state index contributed by atoms with van der Waals surface area (Å²) in [6, 6.07) is 4.70. The molecule has 1 unspecified atom stereocenters. The van der Waals surface area contributed by atoms with Gasteiger partial charge in [0.25, 0.3) is 0 Å². The van der Waals surface area contributed by atoms with Crippen LogP contribution in [0.2, 0.25) is 0 Å². The highest BCUT2D eigenvalue weighted by Gasteiger charge is 2.13. The first-order chi connectivity index (χ1) is 8.25. The van der Waals surface area contributed by atoms with E-state index in [4.69, 9.17) is 4.74 Å². The number of rotatable bonds is 4. The SMILES string of the molecule is Fc1ccc(COCC2CCCNC2)c(Br)c1. The van der Waals surface area contributed by atoms with Gasteiger partial charge in [0.05, 0.1) is 13.2 Å². The predicted molar refractivity (Wildman–Crippen MR) is 69.3 cm³/mol. The van der Waals surface area contributed by atoms with Gasteiger partial charge in [-0.2, -0.15) is 0 Å². The number of piperidine rings is 1. The molecule has 0 radical (unpaired) electrons. The Morgan fingerprint density at radius 1 is 1.47 bits per heavy atom. The molecule has 0 aromatic heterocycles. The highest BCUT2D eigenvalue weighted by atomic mass is 79.9. The average molecular weight is 302 g/mol. The lowest BCUT2D eigenvalue weighted by atomic mass is 10.0. The Balaban J connectivity index is 1.77. The van der Waals surface area contributed by atoms with Gasteiger partial charge in [0.2, 0.25) is 0 Å². The molecule has 1 fully saturated rings. The molecule has 1 aliphatic heterocycles. The zero-order chi connectivity index (χ0) is 12.1. The van der Waals surface area contributed by atoms with Crippen molar-refractivity contribution >= 4 is 15.9 Å². The van der Waals surface area contributed by atoms with Gasteiger partial charge in [-0.3, -0.25) is 0 Å². The van der Waals surface area contributed by atoms with E-state index in [0.29, 0.717) is 12.5 Å². The topological polar surface area (TPSA) is 21.3 Å². The Kier molecular flexibility index (Phi) is 4.95. The first-order valence-corrected chi connectivity index (χ1v) is 6.77. The van der Waals surface area contributed by atoms with Crippen LogP contribution in [0, 0.1) is 11.7 Å². The molecule has 1 heterocycles. The number of halogens is 2. The molecule has 1 aliphatic rings. The molecule has 1 atom stereocenters. The van der Waals surface area contributed by atoms with E-state index in [1.807, 2.05) is 0 Å². The third kappa shape index (κ3) is 4.05. The molecule has 4 heteroatoms. The summed E-state index contributed by atoms with van der Waals surface area (Å²) in [5.74, 6) is 0.389. The molecule has 0 amide bonds. The van der Waals surface area contributed by atoms with Gasteiger partial charge in [-0.25, -0.2) is 4.39 Å². The lowest BCUT2D eigenvalue weighted by molar-refractivity contribution is 0.0779. The summed E-state index contributed by atoms with van der Waals surface area (Å²) in [5.41, 5.74) is 0.996. The largest absolute Gasteiger partial charge is 0.376 e. The second-order valence-corrected chi connectivity index (χ2v) is 5.32. The van der Waals surface area contributed by atoms with Crippen molar-refractivity contribution in [3.63, 3.8) is 0 Å². The van der Waals surface area contributed by atoms with Crippen molar-refractivity contribution in [1.82, 2.24) is 5.32 Å². The highest BCUT2D eigenvalue weighted by molar-refractivity contribution is 9.10. The fourth-order valence-corrected chi connectivity index (χ4v) is 2.51. The van der Waals surface area contributed by atoms with Crippen molar-refractivity contribution in [1.29, 1.82) is 0 Å². The van der Waals surface area contributed by atoms with Gasteiger partial charge in [0.15, 0.2) is 0 Å². The zero-order valence-corrected chi connectivity index (χ0v) is 11.3. The van der Waals surface area contributed by atoms with Crippen LogP contribution in [0.5, 0.6) is 0 Å². The quantitative estimate of drug-likeness (QED) is 0.923. The molecule has 1 N–H and O–H groups in total. The lowest BCUT2D eigenvalue weighted by Gasteiger charge is -2.22. The van der Waals surface area contributed by atoms with Gasteiger partial charge < -0.3 is 10.1 Å². The van der Waals surface area contributed by atoms with E-state index in [9.17, 15) is 4.39 Å². The molecule has 1 saturated heterocycles. The van der Waals surface area contributed by atoms with Crippen molar-refractivity contribution in [3.05, 3.63) is 34.1 Å². The number of ether oxygens (including phenoxy) is 1. The molecule has 17 heavy (non-hydrogen) atoms. The normalized spacial score (nSPS) is 20.5. The summed E-state index contributed by atoms with van der Waals surface area (Å²) in [7, 11) is 0. The van der Waals surface area contributed by atoms with Gasteiger partial charge in [-0.1, -0.05) is 22.0 Å². The maximum atomic E-state index is 12.9. The third-order valence-corrected chi connectivity index (χ3v) is 3.76. The van der Waals surface area contributed by atoms with Gasteiger partial charge in [-0.05, 0) is 43.0 Å². The standard InChI is InChI=1S/C13H17BrFNO/c14-13-6-12(15)4-3-11(13)9-17-8-10-2-1-5-16-7-10/h3-4,6,10,16H,1-2,5,7-9H2. The summed E-state index contributed by atoms with van der Waals surface area (Å²) in [4.78, 5) is 0. The van der Waals surface area contributed by atoms with E-state index in [1.165, 1.54) is 25.0 Å². The van der Waals surface area contributed by atoms with Crippen molar-refractivity contribution in [2.75, 3.05) is 19.7 Å². The number of hydrogen-bond donors (Lipinski definition) is 1. The van der Waals surface area contributed by atoms with E-state index in [1.54, 1.807) is 6.07 Å². The Labute approximate surface area is 110 Å². The van der Waals surface area contributed by atoms with Crippen molar-refractivity contribution in [2.45, 2.75) is 19.4 Å². The summed E-state index contributed by atoms with van der Waals surface area (Å²) in [5, 5.41) is 3.36. The van der Waals surface area contributed by atoms with Crippen molar-refractivity contribution in [2.24, 2.45) is 5.92 Å². The molecular formula is C13H17BrFNO. The Hall–Kier alpha value is -0.450. The average Bonchev–Trinajstić information content (AvgIpc) is 2.33. The number of nitrogens with one attached hydrogen (secondary N) is 1. The van der Waals surface area contributed by atoms with Crippen LogP contribution in [-0.2, 0) is 11.3 Å². The van der Waals surface area contributed by atoms with Gasteiger partial charge >= 0.3 is 0 Å². The van der Waals surface area contributed by atoms with E-state index in [0.717, 1.165) is 29.7 Å². The number of hydrogen-bond acceptors (Lipinski definition) is 2. The van der Waals surface area contributed by atoms with Crippen LogP contribution in [0.3, 0.4) is 0 Å².